The second-order valence-corrected chi connectivity index (χ2v) is 4.82. The van der Waals surface area contributed by atoms with Crippen molar-refractivity contribution in [2.75, 3.05) is 20.3 Å². The van der Waals surface area contributed by atoms with E-state index < -0.39 is 0 Å². The number of ether oxygens (including phenoxy) is 2. The van der Waals surface area contributed by atoms with E-state index in [1.54, 1.807) is 0 Å². The first-order valence-corrected chi connectivity index (χ1v) is 5.74. The molecule has 0 radical (unpaired) electrons. The van der Waals surface area contributed by atoms with Crippen LogP contribution in [-0.2, 0) is 14.3 Å². The molecule has 0 saturated heterocycles. The zero-order valence-electron chi connectivity index (χ0n) is 9.99. The number of ketones is 1. The molecule has 0 heterocycles. The van der Waals surface area contributed by atoms with Crippen molar-refractivity contribution in [3.63, 3.8) is 0 Å². The fourth-order valence-electron chi connectivity index (χ4n) is 2.42. The average Bonchev–Trinajstić information content (AvgIpc) is 2.14. The molecule has 1 aliphatic carbocycles. The van der Waals surface area contributed by atoms with E-state index in [1.807, 2.05) is 0 Å². The molecule has 0 aliphatic heterocycles. The average molecular weight is 214 g/mol. The molecule has 15 heavy (non-hydrogen) atoms. The molecule has 0 aromatic rings. The highest BCUT2D eigenvalue weighted by atomic mass is 16.5. The molecule has 1 aliphatic rings. The first-order valence-electron chi connectivity index (χ1n) is 5.74. The highest BCUT2D eigenvalue weighted by molar-refractivity contribution is 5.80. The quantitative estimate of drug-likeness (QED) is 0.702. The van der Waals surface area contributed by atoms with E-state index in [0.717, 1.165) is 24.7 Å². The van der Waals surface area contributed by atoms with Crippen LogP contribution < -0.4 is 0 Å². The van der Waals surface area contributed by atoms with E-state index in [-0.39, 0.29) is 25.1 Å². The molecular weight excluding hydrogens is 192 g/mol. The van der Waals surface area contributed by atoms with E-state index >= 15 is 0 Å². The lowest BCUT2D eigenvalue weighted by atomic mass is 9.82. The number of carbonyl (C=O) groups excluding carboxylic acids is 1. The van der Waals surface area contributed by atoms with Gasteiger partial charge in [-0.15, -0.1) is 0 Å². The number of hydrogen-bond acceptors (Lipinski definition) is 3. The molecule has 2 unspecified atom stereocenters. The second kappa shape index (κ2) is 6.23. The Hall–Kier alpha value is -0.410. The summed E-state index contributed by atoms with van der Waals surface area (Å²) in [4.78, 5) is 11.2. The zero-order valence-corrected chi connectivity index (χ0v) is 9.99. The first-order chi connectivity index (χ1) is 7.11. The molecule has 0 aromatic carbocycles. The predicted molar refractivity (Wildman–Crippen MR) is 58.8 cm³/mol. The van der Waals surface area contributed by atoms with Gasteiger partial charge in [0.25, 0.3) is 0 Å². The monoisotopic (exact) mass is 214 g/mol. The Bertz CT molecular complexity index is 193. The van der Waals surface area contributed by atoms with Gasteiger partial charge in [-0.1, -0.05) is 13.8 Å². The standard InChI is InChI=1S/C12H22O3/c1-9-4-10(2)6-12(5-9)15-8-11(13)7-14-3/h9-10,12H,4-8H2,1-3H3. The molecule has 1 fully saturated rings. The summed E-state index contributed by atoms with van der Waals surface area (Å²) in [7, 11) is 1.53. The summed E-state index contributed by atoms with van der Waals surface area (Å²) in [5, 5.41) is 0. The van der Waals surface area contributed by atoms with Gasteiger partial charge in [0.15, 0.2) is 5.78 Å². The number of methoxy groups -OCH3 is 1. The van der Waals surface area contributed by atoms with Gasteiger partial charge in [0.05, 0.1) is 6.10 Å². The van der Waals surface area contributed by atoms with Crippen LogP contribution in [0.1, 0.15) is 33.1 Å². The molecule has 0 bridgehead atoms. The van der Waals surface area contributed by atoms with Crippen molar-refractivity contribution < 1.29 is 14.3 Å². The Morgan fingerprint density at radius 2 is 1.73 bits per heavy atom. The van der Waals surface area contributed by atoms with Crippen molar-refractivity contribution >= 4 is 5.78 Å². The Kier molecular flexibility index (Phi) is 5.26. The molecule has 3 nitrogen and oxygen atoms in total. The molecular formula is C12H22O3. The van der Waals surface area contributed by atoms with Crippen LogP contribution >= 0.6 is 0 Å². The summed E-state index contributed by atoms with van der Waals surface area (Å²) in [6, 6.07) is 0. The minimum Gasteiger partial charge on any atom is -0.377 e. The number of Topliss-reactive ketones (excluding diaryl/α,β-unsaturated/α-hetero) is 1. The number of rotatable bonds is 5. The highest BCUT2D eigenvalue weighted by Crippen LogP contribution is 2.30. The highest BCUT2D eigenvalue weighted by Gasteiger charge is 2.24. The van der Waals surface area contributed by atoms with Crippen LogP contribution in [0.2, 0.25) is 0 Å². The minimum absolute atomic E-state index is 0.0309. The van der Waals surface area contributed by atoms with E-state index in [4.69, 9.17) is 9.47 Å². The van der Waals surface area contributed by atoms with Crippen LogP contribution in [0.25, 0.3) is 0 Å². The summed E-state index contributed by atoms with van der Waals surface area (Å²) >= 11 is 0. The molecule has 3 heteroatoms. The van der Waals surface area contributed by atoms with E-state index in [9.17, 15) is 4.79 Å². The molecule has 88 valence electrons. The first kappa shape index (κ1) is 12.7. The lowest BCUT2D eigenvalue weighted by Crippen LogP contribution is -2.28. The van der Waals surface area contributed by atoms with Gasteiger partial charge in [0.1, 0.15) is 13.2 Å². The third kappa shape index (κ3) is 4.76. The molecule has 0 amide bonds. The molecule has 0 N–H and O–H groups in total. The third-order valence-electron chi connectivity index (χ3n) is 2.92. The van der Waals surface area contributed by atoms with Crippen LogP contribution in [0, 0.1) is 11.8 Å². The van der Waals surface area contributed by atoms with E-state index in [0.29, 0.717) is 0 Å². The number of hydrogen-bond donors (Lipinski definition) is 0. The normalized spacial score (nSPS) is 31.5. The summed E-state index contributed by atoms with van der Waals surface area (Å²) in [6.45, 7) is 4.88. The van der Waals surface area contributed by atoms with Crippen LogP contribution in [0.5, 0.6) is 0 Å². The van der Waals surface area contributed by atoms with Crippen LogP contribution in [0.15, 0.2) is 0 Å². The van der Waals surface area contributed by atoms with Crippen LogP contribution in [0.4, 0.5) is 0 Å². The molecule has 0 aromatic heterocycles. The van der Waals surface area contributed by atoms with Crippen molar-refractivity contribution in [1.29, 1.82) is 0 Å². The van der Waals surface area contributed by atoms with Gasteiger partial charge in [-0.25, -0.2) is 0 Å². The SMILES string of the molecule is COCC(=O)COC1CC(C)CC(C)C1. The van der Waals surface area contributed by atoms with Gasteiger partial charge in [-0.05, 0) is 31.1 Å². The zero-order chi connectivity index (χ0) is 11.3. The Balaban J connectivity index is 2.23. The number of carbonyl (C=O) groups is 1. The smallest absolute Gasteiger partial charge is 0.183 e. The van der Waals surface area contributed by atoms with Crippen molar-refractivity contribution in [1.82, 2.24) is 0 Å². The third-order valence-corrected chi connectivity index (χ3v) is 2.92. The lowest BCUT2D eigenvalue weighted by Gasteiger charge is -2.31. The van der Waals surface area contributed by atoms with E-state index in [2.05, 4.69) is 13.8 Å². The minimum atomic E-state index is 0.0309. The summed E-state index contributed by atoms with van der Waals surface area (Å²) < 4.78 is 10.4. The topological polar surface area (TPSA) is 35.5 Å². The van der Waals surface area contributed by atoms with Crippen molar-refractivity contribution in [2.24, 2.45) is 11.8 Å². The fraction of sp³-hybridized carbons (Fsp3) is 0.917. The van der Waals surface area contributed by atoms with Gasteiger partial charge >= 0.3 is 0 Å². The molecule has 1 rings (SSSR count). The van der Waals surface area contributed by atoms with Gasteiger partial charge in [0.2, 0.25) is 0 Å². The second-order valence-electron chi connectivity index (χ2n) is 4.82. The summed E-state index contributed by atoms with van der Waals surface area (Å²) in [5.74, 6) is 1.47. The van der Waals surface area contributed by atoms with Crippen molar-refractivity contribution in [3.8, 4) is 0 Å². The Labute approximate surface area is 92.1 Å². The molecule has 1 saturated carbocycles. The fourth-order valence-corrected chi connectivity index (χ4v) is 2.42. The maximum absolute atomic E-state index is 11.2. The van der Waals surface area contributed by atoms with Gasteiger partial charge in [-0.3, -0.25) is 4.79 Å². The van der Waals surface area contributed by atoms with Crippen LogP contribution in [0.3, 0.4) is 0 Å². The molecule has 0 spiro atoms. The van der Waals surface area contributed by atoms with Crippen LogP contribution in [-0.4, -0.2) is 32.2 Å². The van der Waals surface area contributed by atoms with Gasteiger partial charge in [-0.2, -0.15) is 0 Å². The Morgan fingerprint density at radius 1 is 1.13 bits per heavy atom. The van der Waals surface area contributed by atoms with Crippen molar-refractivity contribution in [2.45, 2.75) is 39.2 Å². The van der Waals surface area contributed by atoms with Gasteiger partial charge in [0, 0.05) is 7.11 Å². The van der Waals surface area contributed by atoms with Crippen molar-refractivity contribution in [3.05, 3.63) is 0 Å². The van der Waals surface area contributed by atoms with E-state index in [1.165, 1.54) is 13.5 Å². The maximum atomic E-state index is 11.2. The van der Waals surface area contributed by atoms with Gasteiger partial charge < -0.3 is 9.47 Å². The maximum Gasteiger partial charge on any atom is 0.183 e. The molecule has 2 atom stereocenters. The largest absolute Gasteiger partial charge is 0.377 e. The summed E-state index contributed by atoms with van der Waals surface area (Å²) in [5.41, 5.74) is 0. The Morgan fingerprint density at radius 3 is 2.27 bits per heavy atom. The summed E-state index contributed by atoms with van der Waals surface area (Å²) in [6.07, 6.45) is 3.73. The lowest BCUT2D eigenvalue weighted by molar-refractivity contribution is -0.130. The predicted octanol–water partition coefficient (Wildman–Crippen LogP) is 2.04.